The average molecular weight is 381 g/mol. The van der Waals surface area contributed by atoms with Crippen molar-refractivity contribution in [3.05, 3.63) is 46.8 Å². The molecule has 0 fully saturated rings. The maximum Gasteiger partial charge on any atom is 0.343 e. The number of hydrogen-bond acceptors (Lipinski definition) is 6. The summed E-state index contributed by atoms with van der Waals surface area (Å²) < 4.78 is 9.87. The Morgan fingerprint density at radius 2 is 2.19 bits per heavy atom. The van der Waals surface area contributed by atoms with Gasteiger partial charge >= 0.3 is 5.97 Å². The van der Waals surface area contributed by atoms with Crippen LogP contribution < -0.4 is 15.4 Å². The van der Waals surface area contributed by atoms with E-state index in [9.17, 15) is 9.59 Å². The molecule has 0 radical (unpaired) electrons. The number of fused-ring (bicyclic) bond motifs is 1. The average Bonchev–Trinajstić information content (AvgIpc) is 3.08. The number of amides is 1. The summed E-state index contributed by atoms with van der Waals surface area (Å²) in [6.45, 7) is 1.71. The molecule has 26 heavy (non-hydrogen) atoms. The van der Waals surface area contributed by atoms with Crippen molar-refractivity contribution in [1.29, 1.82) is 0 Å². The number of carbonyl (C=O) groups is 2. The fraction of sp³-hybridized carbons (Fsp3) is 0.353. The molecular weight excluding hydrogens is 360 g/mol. The Morgan fingerprint density at radius 1 is 1.35 bits per heavy atom. The molecule has 1 aromatic heterocycles. The molecule has 0 atom stereocenters. The van der Waals surface area contributed by atoms with E-state index >= 15 is 0 Å². The van der Waals surface area contributed by atoms with Gasteiger partial charge in [-0.05, 0) is 17.7 Å². The zero-order chi connectivity index (χ0) is 17.6. The van der Waals surface area contributed by atoms with Crippen LogP contribution in [-0.4, -0.2) is 42.3 Å². The number of nitrogens with zero attached hydrogens (tertiary/aromatic N) is 1. The SMILES string of the molecule is COC(=O)COc1cccc(CNC(=O)c2n[nH]c3c2CNCC3)c1.Cl. The van der Waals surface area contributed by atoms with Crippen LogP contribution in [0.2, 0.25) is 0 Å². The minimum Gasteiger partial charge on any atom is -0.482 e. The van der Waals surface area contributed by atoms with Crippen LogP contribution in [0.1, 0.15) is 27.3 Å². The molecule has 0 bridgehead atoms. The van der Waals surface area contributed by atoms with Crippen molar-refractivity contribution < 1.29 is 19.1 Å². The number of carbonyl (C=O) groups excluding carboxylic acids is 2. The van der Waals surface area contributed by atoms with Crippen molar-refractivity contribution in [2.24, 2.45) is 0 Å². The summed E-state index contributed by atoms with van der Waals surface area (Å²) in [6, 6.07) is 7.18. The molecule has 2 aromatic rings. The largest absolute Gasteiger partial charge is 0.482 e. The molecule has 1 aliphatic heterocycles. The van der Waals surface area contributed by atoms with Crippen LogP contribution in [0.3, 0.4) is 0 Å². The Kier molecular flexibility index (Phi) is 6.99. The van der Waals surface area contributed by atoms with E-state index in [-0.39, 0.29) is 24.9 Å². The Balaban J connectivity index is 0.00000243. The van der Waals surface area contributed by atoms with E-state index in [2.05, 4.69) is 25.6 Å². The zero-order valence-electron chi connectivity index (χ0n) is 14.3. The monoisotopic (exact) mass is 380 g/mol. The predicted molar refractivity (Wildman–Crippen MR) is 96.4 cm³/mol. The lowest BCUT2D eigenvalue weighted by atomic mass is 10.1. The third-order valence-electron chi connectivity index (χ3n) is 3.96. The maximum absolute atomic E-state index is 12.4. The van der Waals surface area contributed by atoms with Crippen molar-refractivity contribution in [3.63, 3.8) is 0 Å². The van der Waals surface area contributed by atoms with Gasteiger partial charge in [-0.2, -0.15) is 5.10 Å². The Labute approximate surface area is 157 Å². The van der Waals surface area contributed by atoms with E-state index in [1.165, 1.54) is 7.11 Å². The van der Waals surface area contributed by atoms with Gasteiger partial charge < -0.3 is 20.1 Å². The van der Waals surface area contributed by atoms with Crippen molar-refractivity contribution >= 4 is 24.3 Å². The number of aromatic nitrogens is 2. The third kappa shape index (κ3) is 4.74. The topological polar surface area (TPSA) is 105 Å². The molecule has 1 aromatic carbocycles. The van der Waals surface area contributed by atoms with Crippen LogP contribution in [0.5, 0.6) is 5.75 Å². The third-order valence-corrected chi connectivity index (χ3v) is 3.96. The van der Waals surface area contributed by atoms with Gasteiger partial charge in [0.05, 0.1) is 7.11 Å². The molecule has 0 saturated heterocycles. The second kappa shape index (κ2) is 9.21. The lowest BCUT2D eigenvalue weighted by Crippen LogP contribution is -2.28. The lowest BCUT2D eigenvalue weighted by molar-refractivity contribution is -0.142. The first-order valence-corrected chi connectivity index (χ1v) is 8.01. The number of rotatable bonds is 6. The number of hydrogen-bond donors (Lipinski definition) is 3. The van der Waals surface area contributed by atoms with Gasteiger partial charge in [0.25, 0.3) is 5.91 Å². The number of methoxy groups -OCH3 is 1. The molecular formula is C17H21ClN4O4. The van der Waals surface area contributed by atoms with Gasteiger partial charge in [-0.25, -0.2) is 4.79 Å². The minimum atomic E-state index is -0.448. The van der Waals surface area contributed by atoms with E-state index in [4.69, 9.17) is 4.74 Å². The van der Waals surface area contributed by atoms with Crippen molar-refractivity contribution in [2.45, 2.75) is 19.5 Å². The molecule has 3 rings (SSSR count). The molecule has 9 heteroatoms. The number of H-pyrrole nitrogens is 1. The molecule has 0 unspecified atom stereocenters. The molecule has 3 N–H and O–H groups in total. The van der Waals surface area contributed by atoms with Crippen LogP contribution in [0.15, 0.2) is 24.3 Å². The fourth-order valence-electron chi connectivity index (χ4n) is 2.63. The van der Waals surface area contributed by atoms with Gasteiger partial charge in [-0.3, -0.25) is 9.89 Å². The molecule has 1 amide bonds. The van der Waals surface area contributed by atoms with Crippen molar-refractivity contribution in [1.82, 2.24) is 20.8 Å². The second-order valence-electron chi connectivity index (χ2n) is 5.65. The van der Waals surface area contributed by atoms with Gasteiger partial charge in [-0.1, -0.05) is 12.1 Å². The highest BCUT2D eigenvalue weighted by Gasteiger charge is 2.21. The van der Waals surface area contributed by atoms with Gasteiger partial charge in [0.15, 0.2) is 12.3 Å². The normalized spacial score (nSPS) is 12.5. The van der Waals surface area contributed by atoms with Gasteiger partial charge in [0.1, 0.15) is 5.75 Å². The molecule has 1 aliphatic rings. The van der Waals surface area contributed by atoms with E-state index in [0.29, 0.717) is 24.5 Å². The number of benzene rings is 1. The summed E-state index contributed by atoms with van der Waals surface area (Å²) in [4.78, 5) is 23.5. The summed E-state index contributed by atoms with van der Waals surface area (Å²) in [6.07, 6.45) is 0.842. The van der Waals surface area contributed by atoms with Crippen LogP contribution in [0.25, 0.3) is 0 Å². The van der Waals surface area contributed by atoms with Crippen LogP contribution in [-0.2, 0) is 29.0 Å². The lowest BCUT2D eigenvalue weighted by Gasteiger charge is -2.13. The second-order valence-corrected chi connectivity index (χ2v) is 5.65. The number of nitrogens with one attached hydrogen (secondary N) is 3. The number of halogens is 1. The van der Waals surface area contributed by atoms with E-state index in [0.717, 1.165) is 29.8 Å². The zero-order valence-corrected chi connectivity index (χ0v) is 15.1. The first-order valence-electron chi connectivity index (χ1n) is 8.01. The first kappa shape index (κ1) is 19.7. The van der Waals surface area contributed by atoms with Crippen molar-refractivity contribution in [2.75, 3.05) is 20.3 Å². The first-order chi connectivity index (χ1) is 12.2. The van der Waals surface area contributed by atoms with Gasteiger partial charge in [0.2, 0.25) is 0 Å². The van der Waals surface area contributed by atoms with Gasteiger partial charge in [0, 0.05) is 37.3 Å². The number of aromatic amines is 1. The van der Waals surface area contributed by atoms with Crippen molar-refractivity contribution in [3.8, 4) is 5.75 Å². The van der Waals surface area contributed by atoms with E-state index in [1.807, 2.05) is 6.07 Å². The van der Waals surface area contributed by atoms with Gasteiger partial charge in [-0.15, -0.1) is 12.4 Å². The Hall–Kier alpha value is -2.58. The predicted octanol–water partition coefficient (Wildman–Crippen LogP) is 0.959. The fourth-order valence-corrected chi connectivity index (χ4v) is 2.63. The molecule has 140 valence electrons. The van der Waals surface area contributed by atoms with E-state index < -0.39 is 5.97 Å². The molecule has 0 aliphatic carbocycles. The van der Waals surface area contributed by atoms with Crippen LogP contribution in [0.4, 0.5) is 0 Å². The maximum atomic E-state index is 12.4. The summed E-state index contributed by atoms with van der Waals surface area (Å²) in [5.41, 5.74) is 3.24. The molecule has 0 spiro atoms. The van der Waals surface area contributed by atoms with Crippen LogP contribution >= 0.6 is 12.4 Å². The standard InChI is InChI=1S/C17H20N4O4.ClH/c1-24-15(22)10-25-12-4-2-3-11(7-12)8-19-17(23)16-13-9-18-6-5-14(13)20-21-16;/h2-4,7,18H,5-6,8-10H2,1H3,(H,19,23)(H,20,21);1H. The quantitative estimate of drug-likeness (QED) is 0.645. The number of ether oxygens (including phenoxy) is 2. The summed E-state index contributed by atoms with van der Waals surface area (Å²) in [5, 5.41) is 13.2. The highest BCUT2D eigenvalue weighted by Crippen LogP contribution is 2.16. The molecule has 0 saturated carbocycles. The highest BCUT2D eigenvalue weighted by molar-refractivity contribution is 5.94. The minimum absolute atomic E-state index is 0. The van der Waals surface area contributed by atoms with Crippen LogP contribution in [0, 0.1) is 0 Å². The Bertz CT molecular complexity index is 778. The summed E-state index contributed by atoms with van der Waals surface area (Å²) in [5.74, 6) is -0.129. The number of esters is 1. The highest BCUT2D eigenvalue weighted by atomic mass is 35.5. The van der Waals surface area contributed by atoms with E-state index in [1.54, 1.807) is 18.2 Å². The Morgan fingerprint density at radius 3 is 3.00 bits per heavy atom. The summed E-state index contributed by atoms with van der Waals surface area (Å²) in [7, 11) is 1.31. The smallest absolute Gasteiger partial charge is 0.343 e. The molecule has 2 heterocycles. The molecule has 8 nitrogen and oxygen atoms in total. The summed E-state index contributed by atoms with van der Waals surface area (Å²) >= 11 is 0.